The minimum atomic E-state index is -0.249. The Kier molecular flexibility index (Phi) is 6.94. The number of hydrogen-bond donors (Lipinski definition) is 0. The molecule has 0 aliphatic heterocycles. The maximum absolute atomic E-state index is 13.9. The maximum Gasteiger partial charge on any atom is 0.302 e. The van der Waals surface area contributed by atoms with Gasteiger partial charge in [0, 0.05) is 31.6 Å². The summed E-state index contributed by atoms with van der Waals surface area (Å²) in [5.41, 5.74) is -0.235. The van der Waals surface area contributed by atoms with Crippen LogP contribution in [0.1, 0.15) is 93.4 Å². The highest BCUT2D eigenvalue weighted by Crippen LogP contribution is 2.66. The van der Waals surface area contributed by atoms with Gasteiger partial charge in [-0.05, 0) is 78.4 Å². The van der Waals surface area contributed by atoms with Crippen molar-refractivity contribution < 1.29 is 19.1 Å². The van der Waals surface area contributed by atoms with Crippen molar-refractivity contribution in [2.24, 2.45) is 58.2 Å². The van der Waals surface area contributed by atoms with Crippen LogP contribution < -0.4 is 0 Å². The molecule has 0 saturated heterocycles. The number of esters is 1. The Morgan fingerprint density at radius 3 is 2.35 bits per heavy atom. The lowest BCUT2D eigenvalue weighted by Gasteiger charge is -2.59. The number of rotatable bonds is 5. The van der Waals surface area contributed by atoms with Crippen LogP contribution in [0, 0.1) is 58.2 Å². The van der Waals surface area contributed by atoms with Gasteiger partial charge in [-0.2, -0.15) is 0 Å². The van der Waals surface area contributed by atoms with Crippen LogP contribution in [0.3, 0.4) is 0 Å². The average Bonchev–Trinajstić information content (AvgIpc) is 3.08. The fraction of sp³-hybridized carbons (Fsp3) is 0.833. The van der Waals surface area contributed by atoms with Gasteiger partial charge in [-0.15, -0.1) is 0 Å². The number of fused-ring (bicyclic) bond motifs is 5. The molecule has 4 rings (SSSR count). The van der Waals surface area contributed by atoms with E-state index >= 15 is 0 Å². The molecule has 0 bridgehead atoms. The minimum absolute atomic E-state index is 0.0864. The molecule has 0 radical (unpaired) electrons. The molecule has 10 atom stereocenters. The van der Waals surface area contributed by atoms with Crippen molar-refractivity contribution in [2.75, 3.05) is 0 Å². The van der Waals surface area contributed by atoms with Crippen LogP contribution in [0.2, 0.25) is 0 Å². The van der Waals surface area contributed by atoms with E-state index in [2.05, 4.69) is 53.7 Å². The molecule has 4 nitrogen and oxygen atoms in total. The number of ketones is 2. The molecule has 4 fully saturated rings. The molecule has 4 aliphatic carbocycles. The van der Waals surface area contributed by atoms with E-state index in [1.165, 1.54) is 6.92 Å². The van der Waals surface area contributed by atoms with E-state index in [4.69, 9.17) is 4.74 Å². The molecular formula is C30H46O4. The third kappa shape index (κ3) is 4.22. The largest absolute Gasteiger partial charge is 0.463 e. The van der Waals surface area contributed by atoms with Crippen molar-refractivity contribution >= 4 is 17.5 Å². The molecule has 4 saturated carbocycles. The van der Waals surface area contributed by atoms with Crippen LogP contribution in [0.5, 0.6) is 0 Å². The number of ether oxygens (including phenoxy) is 1. The van der Waals surface area contributed by atoms with Gasteiger partial charge in [0.25, 0.3) is 0 Å². The van der Waals surface area contributed by atoms with E-state index in [0.717, 1.165) is 32.1 Å². The first-order valence-corrected chi connectivity index (χ1v) is 13.8. The summed E-state index contributed by atoms with van der Waals surface area (Å²) < 4.78 is 5.52. The van der Waals surface area contributed by atoms with Crippen molar-refractivity contribution in [3.8, 4) is 0 Å². The predicted octanol–water partition coefficient (Wildman–Crippen LogP) is 6.42. The van der Waals surface area contributed by atoms with Crippen LogP contribution in [0.15, 0.2) is 12.2 Å². The van der Waals surface area contributed by atoms with Crippen molar-refractivity contribution in [2.45, 2.75) is 99.5 Å². The first-order valence-electron chi connectivity index (χ1n) is 13.8. The number of carbonyl (C=O) groups excluding carboxylic acids is 3. The third-order valence-corrected chi connectivity index (χ3v) is 10.9. The zero-order valence-electron chi connectivity index (χ0n) is 22.4. The van der Waals surface area contributed by atoms with E-state index in [1.54, 1.807) is 0 Å². The Hall–Kier alpha value is -1.45. The van der Waals surface area contributed by atoms with Crippen molar-refractivity contribution in [3.63, 3.8) is 0 Å². The fourth-order valence-electron chi connectivity index (χ4n) is 8.65. The molecule has 9 unspecified atom stereocenters. The SMILES string of the molecule is CC(=O)OC1CCC2(C)C3C(=O)CC4(C)C(C(C)/C=C/C(C)C(C)C)CCC4C3C(=O)C[C@H]2C1. The summed E-state index contributed by atoms with van der Waals surface area (Å²) in [6.45, 7) is 15.1. The zero-order valence-corrected chi connectivity index (χ0v) is 22.4. The lowest BCUT2D eigenvalue weighted by Crippen LogP contribution is -2.61. The van der Waals surface area contributed by atoms with Gasteiger partial charge in [-0.25, -0.2) is 0 Å². The Labute approximate surface area is 206 Å². The smallest absolute Gasteiger partial charge is 0.302 e. The monoisotopic (exact) mass is 470 g/mol. The van der Waals surface area contributed by atoms with Crippen LogP contribution in [-0.4, -0.2) is 23.6 Å². The molecule has 0 aromatic heterocycles. The standard InChI is InChI=1S/C30H46O4/c1-17(2)18(3)8-9-19(4)23-10-11-24-27-25(32)15-21-14-22(34-20(5)31)12-13-29(21,6)28(27)26(33)16-30(23,24)7/h8-9,17-19,21-24,27-28H,10-16H2,1-7H3/b9-8+/t18?,19?,21-,22?,23?,24?,27?,28?,29?,30?/m1/s1. The molecule has 4 heteroatoms. The molecule has 0 aromatic carbocycles. The summed E-state index contributed by atoms with van der Waals surface area (Å²) in [4.78, 5) is 39.1. The highest BCUT2D eigenvalue weighted by molar-refractivity contribution is 5.94. The molecule has 0 aromatic rings. The van der Waals surface area contributed by atoms with Gasteiger partial charge in [-0.3, -0.25) is 14.4 Å². The summed E-state index contributed by atoms with van der Waals surface area (Å²) in [7, 11) is 0. The van der Waals surface area contributed by atoms with E-state index < -0.39 is 0 Å². The van der Waals surface area contributed by atoms with Gasteiger partial charge in [0.15, 0.2) is 0 Å². The van der Waals surface area contributed by atoms with Crippen molar-refractivity contribution in [1.29, 1.82) is 0 Å². The van der Waals surface area contributed by atoms with Gasteiger partial charge in [0.1, 0.15) is 17.7 Å². The second-order valence-corrected chi connectivity index (χ2v) is 13.2. The number of allylic oxidation sites excluding steroid dienone is 2. The Morgan fingerprint density at radius 1 is 1.00 bits per heavy atom. The van der Waals surface area contributed by atoms with Crippen molar-refractivity contribution in [1.82, 2.24) is 0 Å². The predicted molar refractivity (Wildman–Crippen MR) is 134 cm³/mol. The van der Waals surface area contributed by atoms with Crippen LogP contribution in [-0.2, 0) is 19.1 Å². The highest BCUT2D eigenvalue weighted by atomic mass is 16.5. The third-order valence-electron chi connectivity index (χ3n) is 10.9. The van der Waals surface area contributed by atoms with Gasteiger partial charge < -0.3 is 4.74 Å². The highest BCUT2D eigenvalue weighted by Gasteiger charge is 2.66. The lowest BCUT2D eigenvalue weighted by atomic mass is 9.43. The number of Topliss-reactive ketones (excluding diaryl/α,β-unsaturated/α-hetero) is 2. The van der Waals surface area contributed by atoms with Crippen molar-refractivity contribution in [3.05, 3.63) is 12.2 Å². The first kappa shape index (κ1) is 25.6. The topological polar surface area (TPSA) is 60.4 Å². The molecule has 34 heavy (non-hydrogen) atoms. The summed E-state index contributed by atoms with van der Waals surface area (Å²) in [5.74, 6) is 2.61. The Morgan fingerprint density at radius 2 is 1.71 bits per heavy atom. The normalized spacial score (nSPS) is 43.9. The molecule has 190 valence electrons. The Balaban J connectivity index is 1.57. The summed E-state index contributed by atoms with van der Waals surface area (Å²) >= 11 is 0. The number of hydrogen-bond acceptors (Lipinski definition) is 4. The van der Waals surface area contributed by atoms with Crippen LogP contribution >= 0.6 is 0 Å². The van der Waals surface area contributed by atoms with E-state index in [0.29, 0.717) is 54.0 Å². The van der Waals surface area contributed by atoms with E-state index in [9.17, 15) is 14.4 Å². The van der Waals surface area contributed by atoms with Crippen LogP contribution in [0.4, 0.5) is 0 Å². The van der Waals surface area contributed by atoms with Crippen LogP contribution in [0.25, 0.3) is 0 Å². The van der Waals surface area contributed by atoms with Gasteiger partial charge >= 0.3 is 5.97 Å². The minimum Gasteiger partial charge on any atom is -0.463 e. The number of carbonyl (C=O) groups is 3. The molecule has 4 aliphatic rings. The summed E-state index contributed by atoms with van der Waals surface area (Å²) in [6.07, 6.45) is 10.4. The molecule has 0 heterocycles. The Bertz CT molecular complexity index is 858. The average molecular weight is 471 g/mol. The lowest BCUT2D eigenvalue weighted by molar-refractivity contribution is -0.175. The van der Waals surface area contributed by atoms with E-state index in [1.807, 2.05) is 0 Å². The first-order chi connectivity index (χ1) is 15.9. The maximum atomic E-state index is 13.9. The second-order valence-electron chi connectivity index (χ2n) is 13.2. The summed E-state index contributed by atoms with van der Waals surface area (Å²) in [5, 5.41) is 0. The fourth-order valence-corrected chi connectivity index (χ4v) is 8.65. The summed E-state index contributed by atoms with van der Waals surface area (Å²) in [6, 6.07) is 0. The van der Waals surface area contributed by atoms with Gasteiger partial charge in [0.2, 0.25) is 0 Å². The molecular weight excluding hydrogens is 424 g/mol. The quantitative estimate of drug-likeness (QED) is 0.344. The molecule has 0 N–H and O–H groups in total. The molecule has 0 amide bonds. The zero-order chi connectivity index (χ0) is 25.0. The van der Waals surface area contributed by atoms with E-state index in [-0.39, 0.29) is 40.7 Å². The molecule has 0 spiro atoms. The van der Waals surface area contributed by atoms with Gasteiger partial charge in [0.05, 0.1) is 0 Å². The van der Waals surface area contributed by atoms with Gasteiger partial charge in [-0.1, -0.05) is 53.7 Å². The second kappa shape index (κ2) is 9.21.